The van der Waals surface area contributed by atoms with Gasteiger partial charge in [-0.15, -0.1) is 0 Å². The Bertz CT molecular complexity index is 115. The van der Waals surface area contributed by atoms with Crippen LogP contribution >= 0.6 is 0 Å². The molecule has 86 valence electrons. The molecule has 1 nitrogen and oxygen atoms in total. The molecule has 0 radical (unpaired) electrons. The van der Waals surface area contributed by atoms with E-state index in [1.807, 2.05) is 0 Å². The van der Waals surface area contributed by atoms with Crippen molar-refractivity contribution < 1.29 is 4.48 Å². The van der Waals surface area contributed by atoms with Crippen LogP contribution in [0.2, 0.25) is 0 Å². The Kier molecular flexibility index (Phi) is 8.59. The summed E-state index contributed by atoms with van der Waals surface area (Å²) in [6, 6.07) is 0. The van der Waals surface area contributed by atoms with Crippen molar-refractivity contribution in [2.75, 3.05) is 26.3 Å². The van der Waals surface area contributed by atoms with Crippen molar-refractivity contribution in [3.05, 3.63) is 0 Å². The molecular weight excluding hydrogens is 186 g/mol. The van der Waals surface area contributed by atoms with E-state index in [4.69, 9.17) is 0 Å². The van der Waals surface area contributed by atoms with Gasteiger partial charge in [-0.05, 0) is 25.7 Å². The summed E-state index contributed by atoms with van der Waals surface area (Å²) in [5.74, 6) is 0. The maximum atomic E-state index is 2.46. The third kappa shape index (κ3) is 6.60. The van der Waals surface area contributed by atoms with E-state index < -0.39 is 0 Å². The Hall–Kier alpha value is 0.177. The molecule has 0 aliphatic heterocycles. The van der Waals surface area contributed by atoms with E-state index >= 15 is 0 Å². The van der Waals surface area contributed by atoms with Crippen molar-refractivity contribution >= 4 is 10.2 Å². The summed E-state index contributed by atoms with van der Waals surface area (Å²) in [6.45, 7) is 7.42. The molecular formula is C12H30NSi+. The van der Waals surface area contributed by atoms with Crippen LogP contribution in [0.3, 0.4) is 0 Å². The maximum Gasteiger partial charge on any atom is 0.0781 e. The molecule has 0 N–H and O–H groups in total. The van der Waals surface area contributed by atoms with Crippen LogP contribution in [-0.4, -0.2) is 41.0 Å². The summed E-state index contributed by atoms with van der Waals surface area (Å²) in [6.07, 6.45) is 9.86. The highest BCUT2D eigenvalue weighted by Gasteiger charge is 2.16. The minimum atomic E-state index is 1.35. The van der Waals surface area contributed by atoms with E-state index in [-0.39, 0.29) is 0 Å². The lowest BCUT2D eigenvalue weighted by Crippen LogP contribution is -2.46. The first-order valence-corrected chi connectivity index (χ1v) is 7.93. The molecule has 0 amide bonds. The van der Waals surface area contributed by atoms with Gasteiger partial charge in [-0.2, -0.15) is 0 Å². The molecule has 0 saturated carbocycles. The van der Waals surface area contributed by atoms with E-state index in [9.17, 15) is 0 Å². The van der Waals surface area contributed by atoms with Crippen molar-refractivity contribution in [1.29, 1.82) is 0 Å². The van der Waals surface area contributed by atoms with Crippen molar-refractivity contribution in [1.82, 2.24) is 0 Å². The average molecular weight is 216 g/mol. The van der Waals surface area contributed by atoms with Crippen LogP contribution in [0.5, 0.6) is 0 Å². The Labute approximate surface area is 93.9 Å². The minimum Gasteiger partial charge on any atom is -0.330 e. The van der Waals surface area contributed by atoms with Gasteiger partial charge in [0, 0.05) is 0 Å². The molecule has 0 fully saturated rings. The second-order valence-electron chi connectivity index (χ2n) is 4.80. The fourth-order valence-corrected chi connectivity index (χ4v) is 2.55. The summed E-state index contributed by atoms with van der Waals surface area (Å²) in [7, 11) is 3.81. The quantitative estimate of drug-likeness (QED) is 0.315. The van der Waals surface area contributed by atoms with Gasteiger partial charge in [0.15, 0.2) is 0 Å². The van der Waals surface area contributed by atoms with Gasteiger partial charge in [-0.3, -0.25) is 0 Å². The summed E-state index contributed by atoms with van der Waals surface area (Å²) in [5.41, 5.74) is 0. The van der Waals surface area contributed by atoms with Crippen LogP contribution in [0.4, 0.5) is 0 Å². The van der Waals surface area contributed by atoms with Crippen molar-refractivity contribution in [3.8, 4) is 0 Å². The number of quaternary nitrogens is 1. The zero-order valence-corrected chi connectivity index (χ0v) is 12.8. The van der Waals surface area contributed by atoms with Gasteiger partial charge in [0.05, 0.1) is 36.5 Å². The molecule has 0 heterocycles. The zero-order valence-electron chi connectivity index (χ0n) is 10.8. The second-order valence-corrected chi connectivity index (χ2v) is 5.43. The fourth-order valence-electron chi connectivity index (χ4n) is 1.92. The molecule has 0 unspecified atom stereocenters. The number of hydrogen-bond donors (Lipinski definition) is 0. The van der Waals surface area contributed by atoms with Crippen LogP contribution in [-0.2, 0) is 0 Å². The second kappa shape index (κ2) is 8.48. The number of unbranched alkanes of at least 4 members (excludes halogenated alkanes) is 4. The molecule has 0 spiro atoms. The van der Waals surface area contributed by atoms with Gasteiger partial charge in [0.1, 0.15) is 0 Å². The van der Waals surface area contributed by atoms with E-state index in [2.05, 4.69) is 20.9 Å². The lowest BCUT2D eigenvalue weighted by atomic mass is 10.2. The van der Waals surface area contributed by atoms with Crippen molar-refractivity contribution in [2.45, 2.75) is 52.4 Å². The Morgan fingerprint density at radius 1 is 0.857 bits per heavy atom. The average Bonchev–Trinajstić information content (AvgIpc) is 2.19. The van der Waals surface area contributed by atoms with Crippen molar-refractivity contribution in [3.63, 3.8) is 0 Å². The lowest BCUT2D eigenvalue weighted by molar-refractivity contribution is -0.899. The van der Waals surface area contributed by atoms with Crippen LogP contribution in [0, 0.1) is 0 Å². The molecule has 14 heavy (non-hydrogen) atoms. The molecule has 0 aromatic heterocycles. The largest absolute Gasteiger partial charge is 0.330 e. The van der Waals surface area contributed by atoms with Gasteiger partial charge in [0.25, 0.3) is 0 Å². The molecule has 0 aromatic rings. The Balaban J connectivity index is 3.67. The number of rotatable bonds is 9. The van der Waals surface area contributed by atoms with Gasteiger partial charge in [0.2, 0.25) is 0 Å². The van der Waals surface area contributed by atoms with Crippen LogP contribution in [0.1, 0.15) is 52.4 Å². The van der Waals surface area contributed by atoms with Gasteiger partial charge in [-0.25, -0.2) is 0 Å². The zero-order chi connectivity index (χ0) is 10.9. The van der Waals surface area contributed by atoms with Crippen LogP contribution in [0.15, 0.2) is 0 Å². The SMILES string of the molecule is CCCCC[N+](C)(C[SiH3])CCCCC. The summed E-state index contributed by atoms with van der Waals surface area (Å²) >= 11 is 0. The molecule has 0 saturated heterocycles. The Morgan fingerprint density at radius 2 is 1.29 bits per heavy atom. The summed E-state index contributed by atoms with van der Waals surface area (Å²) in [4.78, 5) is 0. The fraction of sp³-hybridized carbons (Fsp3) is 1.00. The maximum absolute atomic E-state index is 2.46. The highest BCUT2D eigenvalue weighted by molar-refractivity contribution is 6.08. The van der Waals surface area contributed by atoms with E-state index in [1.165, 1.54) is 72.5 Å². The molecule has 0 rings (SSSR count). The topological polar surface area (TPSA) is 0 Å². The smallest absolute Gasteiger partial charge is 0.0781 e. The molecule has 0 aromatic carbocycles. The highest BCUT2D eigenvalue weighted by Crippen LogP contribution is 2.09. The highest BCUT2D eigenvalue weighted by atomic mass is 28.1. The van der Waals surface area contributed by atoms with Crippen LogP contribution in [0.25, 0.3) is 0 Å². The van der Waals surface area contributed by atoms with Crippen LogP contribution < -0.4 is 0 Å². The first-order valence-electron chi connectivity index (χ1n) is 6.52. The molecule has 0 aliphatic carbocycles. The van der Waals surface area contributed by atoms with E-state index in [1.54, 1.807) is 0 Å². The monoisotopic (exact) mass is 216 g/mol. The third-order valence-corrected chi connectivity index (χ3v) is 4.89. The lowest BCUT2D eigenvalue weighted by Gasteiger charge is -2.33. The Morgan fingerprint density at radius 3 is 1.57 bits per heavy atom. The first kappa shape index (κ1) is 14.2. The molecule has 2 heteroatoms. The molecule has 0 aliphatic rings. The number of nitrogens with zero attached hydrogens (tertiary/aromatic N) is 1. The minimum absolute atomic E-state index is 1.35. The van der Waals surface area contributed by atoms with E-state index in [0.29, 0.717) is 0 Å². The molecule has 0 atom stereocenters. The summed E-state index contributed by atoms with van der Waals surface area (Å²) in [5, 5.41) is 0. The predicted octanol–water partition coefficient (Wildman–Crippen LogP) is 2.14. The van der Waals surface area contributed by atoms with Gasteiger partial charge >= 0.3 is 0 Å². The summed E-state index contributed by atoms with van der Waals surface area (Å²) < 4.78 is 1.35. The normalized spacial score (nSPS) is 12.2. The third-order valence-electron chi connectivity index (χ3n) is 3.37. The van der Waals surface area contributed by atoms with Crippen molar-refractivity contribution in [2.24, 2.45) is 0 Å². The number of hydrogen-bond acceptors (Lipinski definition) is 0. The van der Waals surface area contributed by atoms with Gasteiger partial charge in [-0.1, -0.05) is 26.7 Å². The molecule has 0 bridgehead atoms. The predicted molar refractivity (Wildman–Crippen MR) is 69.8 cm³/mol. The standard InChI is InChI=1S/C12H30NSi/c1-4-6-8-10-13(3,12-14)11-9-7-5-2/h4-12H2,1-3,14H3/q+1. The first-order chi connectivity index (χ1) is 6.68. The van der Waals surface area contributed by atoms with E-state index in [0.717, 1.165) is 0 Å². The van der Waals surface area contributed by atoms with Gasteiger partial charge < -0.3 is 4.48 Å².